The van der Waals surface area contributed by atoms with Gasteiger partial charge in [-0.15, -0.1) is 0 Å². The van der Waals surface area contributed by atoms with Crippen LogP contribution >= 0.6 is 0 Å². The molecule has 0 heterocycles. The van der Waals surface area contributed by atoms with Crippen LogP contribution in [0.3, 0.4) is 0 Å². The zero-order chi connectivity index (χ0) is 19.8. The number of rotatable bonds is 8. The van der Waals surface area contributed by atoms with E-state index in [4.69, 9.17) is 4.74 Å². The Morgan fingerprint density at radius 3 is 2.48 bits per heavy atom. The normalized spacial score (nSPS) is 10.1. The Kier molecular flexibility index (Phi) is 6.87. The van der Waals surface area contributed by atoms with E-state index < -0.39 is 10.8 Å². The lowest BCUT2D eigenvalue weighted by Gasteiger charge is -2.21. The summed E-state index contributed by atoms with van der Waals surface area (Å²) in [6, 6.07) is 13.4. The predicted octanol–water partition coefficient (Wildman–Crippen LogP) is 2.38. The molecule has 0 fully saturated rings. The molecule has 0 unspecified atom stereocenters. The van der Waals surface area contributed by atoms with Gasteiger partial charge in [0.25, 0.3) is 5.91 Å². The third-order valence-corrected chi connectivity index (χ3v) is 3.99. The van der Waals surface area contributed by atoms with Crippen LogP contribution < -0.4 is 10.1 Å². The van der Waals surface area contributed by atoms with Crippen LogP contribution in [0.1, 0.15) is 22.8 Å². The first-order valence-electron chi connectivity index (χ1n) is 8.38. The van der Waals surface area contributed by atoms with Crippen molar-refractivity contribution >= 4 is 17.5 Å². The molecule has 142 valence electrons. The second-order valence-corrected chi connectivity index (χ2v) is 5.72. The van der Waals surface area contributed by atoms with Crippen LogP contribution in [0, 0.1) is 10.1 Å². The molecule has 27 heavy (non-hydrogen) atoms. The fourth-order valence-electron chi connectivity index (χ4n) is 2.52. The zero-order valence-corrected chi connectivity index (χ0v) is 15.2. The van der Waals surface area contributed by atoms with Crippen LogP contribution in [0.4, 0.5) is 5.69 Å². The molecular formula is C19H21N3O5. The quantitative estimate of drug-likeness (QED) is 0.567. The van der Waals surface area contributed by atoms with Crippen molar-refractivity contribution in [1.29, 1.82) is 0 Å². The molecule has 2 rings (SSSR count). The highest BCUT2D eigenvalue weighted by Crippen LogP contribution is 2.27. The van der Waals surface area contributed by atoms with Crippen molar-refractivity contribution in [3.8, 4) is 5.75 Å². The number of hydrogen-bond donors (Lipinski definition) is 1. The molecule has 0 atom stereocenters. The highest BCUT2D eigenvalue weighted by Gasteiger charge is 2.19. The SMILES string of the molecule is CCN(Cc1ccccc1)C(=O)CNC(=O)c1ccc(OC)c([N+](=O)[O-])c1. The van der Waals surface area contributed by atoms with Gasteiger partial charge in [-0.1, -0.05) is 30.3 Å². The van der Waals surface area contributed by atoms with Crippen LogP contribution in [0.25, 0.3) is 0 Å². The van der Waals surface area contributed by atoms with E-state index in [0.717, 1.165) is 11.6 Å². The van der Waals surface area contributed by atoms with Crippen LogP contribution in [0.2, 0.25) is 0 Å². The van der Waals surface area contributed by atoms with Gasteiger partial charge in [-0.3, -0.25) is 19.7 Å². The van der Waals surface area contributed by atoms with Crippen LogP contribution in [-0.4, -0.2) is 41.8 Å². The Morgan fingerprint density at radius 1 is 1.19 bits per heavy atom. The monoisotopic (exact) mass is 371 g/mol. The molecule has 2 aromatic carbocycles. The average Bonchev–Trinajstić information content (AvgIpc) is 2.70. The van der Waals surface area contributed by atoms with Gasteiger partial charge < -0.3 is 15.0 Å². The molecular weight excluding hydrogens is 350 g/mol. The van der Waals surface area contributed by atoms with Crippen molar-refractivity contribution in [2.75, 3.05) is 20.2 Å². The standard InChI is InChI=1S/C19H21N3O5/c1-3-21(13-14-7-5-4-6-8-14)18(23)12-20-19(24)15-9-10-17(27-2)16(11-15)22(25)26/h4-11H,3,12-13H2,1-2H3,(H,20,24). The summed E-state index contributed by atoms with van der Waals surface area (Å²) in [5, 5.41) is 13.6. The number of nitrogens with zero attached hydrogens (tertiary/aromatic N) is 2. The predicted molar refractivity (Wildman–Crippen MR) is 99.5 cm³/mol. The molecule has 0 radical (unpaired) electrons. The lowest BCUT2D eigenvalue weighted by Crippen LogP contribution is -2.39. The molecule has 8 nitrogen and oxygen atoms in total. The van der Waals surface area contributed by atoms with E-state index >= 15 is 0 Å². The first kappa shape index (κ1) is 19.9. The maximum atomic E-state index is 12.4. The first-order chi connectivity index (χ1) is 13.0. The molecule has 1 N–H and O–H groups in total. The number of benzene rings is 2. The van der Waals surface area contributed by atoms with Crippen molar-refractivity contribution in [1.82, 2.24) is 10.2 Å². The number of amides is 2. The zero-order valence-electron chi connectivity index (χ0n) is 15.2. The number of hydrogen-bond acceptors (Lipinski definition) is 5. The second-order valence-electron chi connectivity index (χ2n) is 5.72. The van der Waals surface area contributed by atoms with Gasteiger partial charge in [0.1, 0.15) is 0 Å². The van der Waals surface area contributed by atoms with E-state index in [2.05, 4.69) is 5.32 Å². The maximum Gasteiger partial charge on any atom is 0.311 e. The highest BCUT2D eigenvalue weighted by molar-refractivity contribution is 5.97. The molecule has 0 spiro atoms. The van der Waals surface area contributed by atoms with Crippen LogP contribution in [0.15, 0.2) is 48.5 Å². The summed E-state index contributed by atoms with van der Waals surface area (Å²) in [6.45, 7) is 2.60. The van der Waals surface area contributed by atoms with Gasteiger partial charge in [-0.05, 0) is 24.6 Å². The topological polar surface area (TPSA) is 102 Å². The number of nitro groups is 1. The second kappa shape index (κ2) is 9.33. The Bertz CT molecular complexity index is 823. The molecule has 0 aromatic heterocycles. The van der Waals surface area contributed by atoms with E-state index in [1.807, 2.05) is 37.3 Å². The van der Waals surface area contributed by atoms with E-state index in [1.54, 1.807) is 4.90 Å². The van der Waals surface area contributed by atoms with Crippen LogP contribution in [0.5, 0.6) is 5.75 Å². The Hall–Kier alpha value is -3.42. The number of nitro benzene ring substituents is 1. The highest BCUT2D eigenvalue weighted by atomic mass is 16.6. The summed E-state index contributed by atoms with van der Waals surface area (Å²) in [7, 11) is 1.31. The smallest absolute Gasteiger partial charge is 0.311 e. The number of carbonyl (C=O) groups excluding carboxylic acids is 2. The lowest BCUT2D eigenvalue weighted by molar-refractivity contribution is -0.385. The molecule has 0 aliphatic rings. The Balaban J connectivity index is 2.00. The molecule has 0 saturated heterocycles. The van der Waals surface area contributed by atoms with E-state index in [0.29, 0.717) is 13.1 Å². The summed E-state index contributed by atoms with van der Waals surface area (Å²) in [4.78, 5) is 36.7. The number of methoxy groups -OCH3 is 1. The number of carbonyl (C=O) groups is 2. The van der Waals surface area contributed by atoms with Gasteiger partial charge in [0.05, 0.1) is 18.6 Å². The van der Waals surface area contributed by atoms with Gasteiger partial charge in [0.2, 0.25) is 5.91 Å². The molecule has 2 aromatic rings. The summed E-state index contributed by atoms with van der Waals surface area (Å²) in [5.41, 5.74) is 0.766. The molecule has 0 saturated carbocycles. The minimum Gasteiger partial charge on any atom is -0.490 e. The fraction of sp³-hybridized carbons (Fsp3) is 0.263. The van der Waals surface area contributed by atoms with Crippen molar-refractivity contribution in [3.63, 3.8) is 0 Å². The first-order valence-corrected chi connectivity index (χ1v) is 8.38. The van der Waals surface area contributed by atoms with Gasteiger partial charge in [0, 0.05) is 24.7 Å². The number of likely N-dealkylation sites (N-methyl/N-ethyl adjacent to an activating group) is 1. The van der Waals surface area contributed by atoms with Crippen molar-refractivity contribution < 1.29 is 19.2 Å². The van der Waals surface area contributed by atoms with Crippen molar-refractivity contribution in [3.05, 3.63) is 69.8 Å². The Morgan fingerprint density at radius 2 is 1.89 bits per heavy atom. The fourth-order valence-corrected chi connectivity index (χ4v) is 2.52. The number of ether oxygens (including phenoxy) is 1. The Labute approximate surface area is 156 Å². The van der Waals surface area contributed by atoms with Crippen LogP contribution in [-0.2, 0) is 11.3 Å². The van der Waals surface area contributed by atoms with Crippen molar-refractivity contribution in [2.45, 2.75) is 13.5 Å². The van der Waals surface area contributed by atoms with Crippen molar-refractivity contribution in [2.24, 2.45) is 0 Å². The summed E-state index contributed by atoms with van der Waals surface area (Å²) < 4.78 is 4.91. The lowest BCUT2D eigenvalue weighted by atomic mass is 10.1. The number of nitrogens with one attached hydrogen (secondary N) is 1. The average molecular weight is 371 g/mol. The van der Waals surface area contributed by atoms with Gasteiger partial charge >= 0.3 is 5.69 Å². The third kappa shape index (κ3) is 5.27. The minimum atomic E-state index is -0.626. The maximum absolute atomic E-state index is 12.4. The van der Waals surface area contributed by atoms with Gasteiger partial charge in [-0.25, -0.2) is 0 Å². The molecule has 8 heteroatoms. The van der Waals surface area contributed by atoms with E-state index in [9.17, 15) is 19.7 Å². The minimum absolute atomic E-state index is 0.0626. The van der Waals surface area contributed by atoms with E-state index in [-0.39, 0.29) is 29.5 Å². The van der Waals surface area contributed by atoms with Gasteiger partial charge in [0.15, 0.2) is 5.75 Å². The largest absolute Gasteiger partial charge is 0.490 e. The van der Waals surface area contributed by atoms with E-state index in [1.165, 1.54) is 19.2 Å². The molecule has 0 aliphatic carbocycles. The molecule has 0 bridgehead atoms. The molecule has 2 amide bonds. The molecule has 0 aliphatic heterocycles. The summed E-state index contributed by atoms with van der Waals surface area (Å²) in [6.07, 6.45) is 0. The third-order valence-electron chi connectivity index (χ3n) is 3.99. The van der Waals surface area contributed by atoms with Gasteiger partial charge in [-0.2, -0.15) is 0 Å². The summed E-state index contributed by atoms with van der Waals surface area (Å²) in [5.74, 6) is -0.741. The summed E-state index contributed by atoms with van der Waals surface area (Å²) >= 11 is 0.